The molecule has 0 saturated heterocycles. The molecule has 0 radical (unpaired) electrons. The van der Waals surface area contributed by atoms with Crippen LogP contribution < -0.4 is 0 Å². The first-order valence-corrected chi connectivity index (χ1v) is 10.6. The third kappa shape index (κ3) is 9.03. The van der Waals surface area contributed by atoms with Crippen LogP contribution in [0.25, 0.3) is 0 Å². The van der Waals surface area contributed by atoms with Gasteiger partial charge in [-0.1, -0.05) is 82.3 Å². The third-order valence-corrected chi connectivity index (χ3v) is 6.84. The summed E-state index contributed by atoms with van der Waals surface area (Å²) in [5.41, 5.74) is 2.81. The lowest BCUT2D eigenvalue weighted by Crippen LogP contribution is -2.20. The average Bonchev–Trinajstić information content (AvgIpc) is 2.58. The Morgan fingerprint density at radius 3 is 1.19 bits per heavy atom. The van der Waals surface area contributed by atoms with Crippen molar-refractivity contribution >= 4 is 46.4 Å². The molecule has 26 heavy (non-hydrogen) atoms. The van der Waals surface area contributed by atoms with E-state index in [1.54, 1.807) is 0 Å². The van der Waals surface area contributed by atoms with Crippen LogP contribution in [0.3, 0.4) is 0 Å². The first-order chi connectivity index (χ1) is 11.6. The highest BCUT2D eigenvalue weighted by atomic mass is 35.5. The molecule has 2 atom stereocenters. The lowest BCUT2D eigenvalue weighted by molar-refractivity contribution is 0.409. The zero-order chi connectivity index (χ0) is 17.4. The number of halogens is 2. The van der Waals surface area contributed by atoms with Crippen LogP contribution in [0.2, 0.25) is 0 Å². The molecule has 2 aromatic carbocycles. The molecule has 146 valence electrons. The molecule has 0 aromatic heterocycles. The standard InChI is InChI=1S/C20H28N2S2.2ClH/c1-21(2)15-19(17-11-7-5-8-12-17)23-24-20(16-22(3)4)18-13-9-6-10-14-18;;/h5-14,19-20H,15-16H2,1-4H3;2*1H. The zero-order valence-corrected chi connectivity index (χ0v) is 19.1. The van der Waals surface area contributed by atoms with Crippen LogP contribution >= 0.6 is 46.4 Å². The van der Waals surface area contributed by atoms with Gasteiger partial charge >= 0.3 is 0 Å². The van der Waals surface area contributed by atoms with Gasteiger partial charge in [-0.05, 0) is 39.3 Å². The topological polar surface area (TPSA) is 6.48 Å². The van der Waals surface area contributed by atoms with Gasteiger partial charge in [-0.3, -0.25) is 0 Å². The Labute approximate surface area is 179 Å². The minimum atomic E-state index is 0. The number of nitrogens with zero attached hydrogens (tertiary/aromatic N) is 2. The van der Waals surface area contributed by atoms with E-state index in [4.69, 9.17) is 0 Å². The van der Waals surface area contributed by atoms with Crippen LogP contribution in [-0.4, -0.2) is 51.1 Å². The SMILES string of the molecule is CN(C)CC(SSC(CN(C)C)c1ccccc1)c1ccccc1.Cl.Cl. The number of hydrogen-bond donors (Lipinski definition) is 0. The molecule has 0 fully saturated rings. The van der Waals surface area contributed by atoms with Gasteiger partial charge < -0.3 is 9.80 Å². The molecule has 2 rings (SSSR count). The summed E-state index contributed by atoms with van der Waals surface area (Å²) in [5, 5.41) is 0.944. The van der Waals surface area contributed by atoms with Crippen molar-refractivity contribution in [2.24, 2.45) is 0 Å². The molecule has 0 spiro atoms. The monoisotopic (exact) mass is 432 g/mol. The summed E-state index contributed by atoms with van der Waals surface area (Å²) in [6, 6.07) is 21.7. The van der Waals surface area contributed by atoms with Gasteiger partial charge in [-0.25, -0.2) is 0 Å². The highest BCUT2D eigenvalue weighted by Gasteiger charge is 2.19. The fourth-order valence-electron chi connectivity index (χ4n) is 2.52. The van der Waals surface area contributed by atoms with Gasteiger partial charge in [0.15, 0.2) is 0 Å². The minimum Gasteiger partial charge on any atom is -0.308 e. The van der Waals surface area contributed by atoms with E-state index in [1.807, 2.05) is 21.6 Å². The van der Waals surface area contributed by atoms with Gasteiger partial charge in [0, 0.05) is 13.1 Å². The third-order valence-electron chi connectivity index (χ3n) is 3.69. The molecule has 0 saturated carbocycles. The second kappa shape index (κ2) is 13.8. The van der Waals surface area contributed by atoms with E-state index in [-0.39, 0.29) is 24.8 Å². The van der Waals surface area contributed by atoms with E-state index >= 15 is 0 Å². The zero-order valence-electron chi connectivity index (χ0n) is 15.9. The van der Waals surface area contributed by atoms with Crippen molar-refractivity contribution in [3.8, 4) is 0 Å². The van der Waals surface area contributed by atoms with Gasteiger partial charge in [0.05, 0.1) is 10.5 Å². The maximum Gasteiger partial charge on any atom is 0.0528 e. The number of likely N-dealkylation sites (N-methyl/N-ethyl adjacent to an activating group) is 2. The number of rotatable bonds is 9. The Morgan fingerprint density at radius 2 is 0.923 bits per heavy atom. The largest absolute Gasteiger partial charge is 0.308 e. The van der Waals surface area contributed by atoms with Crippen molar-refractivity contribution in [1.82, 2.24) is 9.80 Å². The maximum absolute atomic E-state index is 2.27. The normalized spacial score (nSPS) is 13.0. The van der Waals surface area contributed by atoms with Crippen molar-refractivity contribution in [2.45, 2.75) is 10.5 Å². The van der Waals surface area contributed by atoms with Crippen molar-refractivity contribution in [3.63, 3.8) is 0 Å². The van der Waals surface area contributed by atoms with Crippen molar-refractivity contribution < 1.29 is 0 Å². The smallest absolute Gasteiger partial charge is 0.0528 e. The van der Waals surface area contributed by atoms with Crippen LogP contribution in [0.15, 0.2) is 60.7 Å². The summed E-state index contributed by atoms with van der Waals surface area (Å²) >= 11 is 0. The van der Waals surface area contributed by atoms with Gasteiger partial charge in [-0.15, -0.1) is 24.8 Å². The van der Waals surface area contributed by atoms with Gasteiger partial charge in [0.2, 0.25) is 0 Å². The highest BCUT2D eigenvalue weighted by molar-refractivity contribution is 8.76. The van der Waals surface area contributed by atoms with Crippen LogP contribution in [-0.2, 0) is 0 Å². The second-order valence-electron chi connectivity index (χ2n) is 6.52. The number of hydrogen-bond acceptors (Lipinski definition) is 4. The average molecular weight is 434 g/mol. The molecule has 2 unspecified atom stereocenters. The van der Waals surface area contributed by atoms with E-state index in [9.17, 15) is 0 Å². The predicted octanol–water partition coefficient (Wildman–Crippen LogP) is 5.82. The molecule has 2 aromatic rings. The van der Waals surface area contributed by atoms with Crippen LogP contribution in [0.5, 0.6) is 0 Å². The summed E-state index contributed by atoms with van der Waals surface area (Å²) in [7, 11) is 12.6. The fourth-order valence-corrected chi connectivity index (χ4v) is 5.87. The lowest BCUT2D eigenvalue weighted by atomic mass is 10.1. The predicted molar refractivity (Wildman–Crippen MR) is 125 cm³/mol. The molecular formula is C20H30Cl2N2S2. The Hall–Kier alpha value is -0.360. The van der Waals surface area contributed by atoms with E-state index in [0.717, 1.165) is 13.1 Å². The first kappa shape index (κ1) is 25.6. The fraction of sp³-hybridized carbons (Fsp3) is 0.400. The van der Waals surface area contributed by atoms with Gasteiger partial charge in [0.1, 0.15) is 0 Å². The molecule has 0 N–H and O–H groups in total. The summed E-state index contributed by atoms with van der Waals surface area (Å²) in [5.74, 6) is 0. The van der Waals surface area contributed by atoms with E-state index in [2.05, 4.69) is 98.7 Å². The summed E-state index contributed by atoms with van der Waals surface area (Å²) < 4.78 is 0. The van der Waals surface area contributed by atoms with Gasteiger partial charge in [-0.2, -0.15) is 0 Å². The molecule has 0 heterocycles. The Kier molecular flexibility index (Phi) is 13.6. The Balaban J connectivity index is 0.00000312. The van der Waals surface area contributed by atoms with Crippen molar-refractivity contribution in [1.29, 1.82) is 0 Å². The van der Waals surface area contributed by atoms with Crippen molar-refractivity contribution in [2.75, 3.05) is 41.3 Å². The van der Waals surface area contributed by atoms with Crippen LogP contribution in [0.4, 0.5) is 0 Å². The highest BCUT2D eigenvalue weighted by Crippen LogP contribution is 2.46. The van der Waals surface area contributed by atoms with Crippen LogP contribution in [0.1, 0.15) is 21.6 Å². The quantitative estimate of drug-likeness (QED) is 0.460. The molecule has 0 aliphatic carbocycles. The molecule has 2 nitrogen and oxygen atoms in total. The van der Waals surface area contributed by atoms with E-state index < -0.39 is 0 Å². The Bertz CT molecular complexity index is 529. The molecular weight excluding hydrogens is 403 g/mol. The van der Waals surface area contributed by atoms with E-state index in [0.29, 0.717) is 10.5 Å². The van der Waals surface area contributed by atoms with Crippen molar-refractivity contribution in [3.05, 3.63) is 71.8 Å². The second-order valence-corrected chi connectivity index (χ2v) is 9.19. The minimum absolute atomic E-state index is 0. The van der Waals surface area contributed by atoms with Gasteiger partial charge in [0.25, 0.3) is 0 Å². The summed E-state index contributed by atoms with van der Waals surface area (Å²) in [6.45, 7) is 2.09. The van der Waals surface area contributed by atoms with E-state index in [1.165, 1.54) is 11.1 Å². The lowest BCUT2D eigenvalue weighted by Gasteiger charge is -2.25. The molecule has 0 amide bonds. The molecule has 0 bridgehead atoms. The molecule has 0 aliphatic rings. The summed E-state index contributed by atoms with van der Waals surface area (Å²) in [6.07, 6.45) is 0. The first-order valence-electron chi connectivity index (χ1n) is 8.27. The maximum atomic E-state index is 2.27. The number of benzene rings is 2. The molecule has 0 aliphatic heterocycles. The summed E-state index contributed by atoms with van der Waals surface area (Å²) in [4.78, 5) is 4.55. The molecule has 6 heteroatoms. The van der Waals surface area contributed by atoms with Crippen LogP contribution in [0, 0.1) is 0 Å². The Morgan fingerprint density at radius 1 is 0.615 bits per heavy atom.